The first kappa shape index (κ1) is 17.9. The summed E-state index contributed by atoms with van der Waals surface area (Å²) in [4.78, 5) is 26.4. The molecular weight excluding hydrogens is 366 g/mol. The lowest BCUT2D eigenvalue weighted by Gasteiger charge is -2.31. The summed E-state index contributed by atoms with van der Waals surface area (Å²) < 4.78 is 8.34. The van der Waals surface area contributed by atoms with E-state index < -0.39 is 0 Å². The van der Waals surface area contributed by atoms with Gasteiger partial charge in [0, 0.05) is 44.8 Å². The third kappa shape index (κ3) is 3.38. The van der Waals surface area contributed by atoms with E-state index in [0.717, 1.165) is 22.8 Å². The van der Waals surface area contributed by atoms with Crippen LogP contribution in [-0.4, -0.2) is 44.0 Å². The van der Waals surface area contributed by atoms with Gasteiger partial charge in [-0.25, -0.2) is 4.98 Å². The predicted octanol–water partition coefficient (Wildman–Crippen LogP) is 2.38. The summed E-state index contributed by atoms with van der Waals surface area (Å²) in [5.41, 5.74) is 1.80. The Labute approximate surface area is 169 Å². The zero-order chi connectivity index (χ0) is 19.8. The van der Waals surface area contributed by atoms with Gasteiger partial charge < -0.3 is 14.2 Å². The van der Waals surface area contributed by atoms with E-state index in [-0.39, 0.29) is 18.1 Å². The predicted molar refractivity (Wildman–Crippen MR) is 108 cm³/mol. The number of hydrogen-bond acceptors (Lipinski definition) is 5. The van der Waals surface area contributed by atoms with Crippen molar-refractivity contribution in [2.45, 2.75) is 31.7 Å². The molecule has 0 aliphatic carbocycles. The summed E-state index contributed by atoms with van der Waals surface area (Å²) in [6.45, 7) is 1.79. The van der Waals surface area contributed by atoms with Gasteiger partial charge in [-0.3, -0.25) is 14.7 Å². The SMILES string of the molecule is Cn1ccnc1CN1C[C@@H]2C[C@H]1C(=O)N(Cc1cccnc1)c1ccccc1O2. The minimum absolute atomic E-state index is 0.00842. The van der Waals surface area contributed by atoms with Crippen molar-refractivity contribution in [3.05, 3.63) is 72.6 Å². The van der Waals surface area contributed by atoms with Gasteiger partial charge in [0.2, 0.25) is 5.91 Å². The van der Waals surface area contributed by atoms with Crippen LogP contribution in [0.1, 0.15) is 17.8 Å². The number of anilines is 1. The number of hydrogen-bond donors (Lipinski definition) is 0. The van der Waals surface area contributed by atoms with Crippen molar-refractivity contribution in [3.8, 4) is 5.75 Å². The van der Waals surface area contributed by atoms with Crippen LogP contribution in [-0.2, 0) is 24.9 Å². The van der Waals surface area contributed by atoms with Gasteiger partial charge in [-0.2, -0.15) is 0 Å². The fourth-order valence-electron chi connectivity index (χ4n) is 4.20. The first-order valence-corrected chi connectivity index (χ1v) is 9.85. The zero-order valence-corrected chi connectivity index (χ0v) is 16.3. The Morgan fingerprint density at radius 3 is 2.83 bits per heavy atom. The van der Waals surface area contributed by atoms with Crippen molar-refractivity contribution < 1.29 is 9.53 Å². The summed E-state index contributed by atoms with van der Waals surface area (Å²) in [6, 6.07) is 11.4. The molecule has 2 aliphatic rings. The van der Waals surface area contributed by atoms with Crippen molar-refractivity contribution >= 4 is 11.6 Å². The molecule has 2 aliphatic heterocycles. The molecule has 4 heterocycles. The van der Waals surface area contributed by atoms with Gasteiger partial charge >= 0.3 is 0 Å². The van der Waals surface area contributed by atoms with Crippen molar-refractivity contribution in [1.29, 1.82) is 0 Å². The smallest absolute Gasteiger partial charge is 0.244 e. The molecule has 148 valence electrons. The van der Waals surface area contributed by atoms with E-state index in [2.05, 4.69) is 14.9 Å². The van der Waals surface area contributed by atoms with Crippen molar-refractivity contribution in [1.82, 2.24) is 19.4 Å². The number of aryl methyl sites for hydroxylation is 1. The molecule has 7 nitrogen and oxygen atoms in total. The number of nitrogens with zero attached hydrogens (tertiary/aromatic N) is 5. The number of carbonyl (C=O) groups is 1. The van der Waals surface area contributed by atoms with Crippen molar-refractivity contribution in [2.75, 3.05) is 11.4 Å². The summed E-state index contributed by atoms with van der Waals surface area (Å²) in [5, 5.41) is 0. The number of likely N-dealkylation sites (tertiary alicyclic amines) is 1. The number of imidazole rings is 1. The fourth-order valence-corrected chi connectivity index (χ4v) is 4.20. The molecule has 1 saturated heterocycles. The third-order valence-corrected chi connectivity index (χ3v) is 5.69. The molecule has 0 spiro atoms. The van der Waals surface area contributed by atoms with Crippen LogP contribution in [0.2, 0.25) is 0 Å². The number of pyridine rings is 1. The van der Waals surface area contributed by atoms with E-state index in [0.29, 0.717) is 26.1 Å². The second-order valence-electron chi connectivity index (χ2n) is 7.63. The highest BCUT2D eigenvalue weighted by Crippen LogP contribution is 2.37. The maximum atomic E-state index is 13.7. The van der Waals surface area contributed by atoms with E-state index in [9.17, 15) is 4.79 Å². The van der Waals surface area contributed by atoms with Crippen LogP contribution < -0.4 is 9.64 Å². The Balaban J connectivity index is 1.50. The van der Waals surface area contributed by atoms with Gasteiger partial charge in [-0.1, -0.05) is 18.2 Å². The average molecular weight is 389 g/mol. The Morgan fingerprint density at radius 2 is 2.03 bits per heavy atom. The molecule has 0 unspecified atom stereocenters. The third-order valence-electron chi connectivity index (χ3n) is 5.69. The van der Waals surface area contributed by atoms with Crippen LogP contribution in [0.25, 0.3) is 0 Å². The molecule has 2 bridgehead atoms. The first-order chi connectivity index (χ1) is 14.2. The second-order valence-corrected chi connectivity index (χ2v) is 7.63. The Bertz CT molecular complexity index is 1020. The minimum atomic E-state index is -0.235. The van der Waals surface area contributed by atoms with E-state index in [1.54, 1.807) is 18.6 Å². The quantitative estimate of drug-likeness (QED) is 0.686. The van der Waals surface area contributed by atoms with Crippen LogP contribution in [0.15, 0.2) is 61.2 Å². The molecular formula is C22H23N5O2. The van der Waals surface area contributed by atoms with E-state index >= 15 is 0 Å². The van der Waals surface area contributed by atoms with Gasteiger partial charge in [0.05, 0.1) is 24.8 Å². The summed E-state index contributed by atoms with van der Waals surface area (Å²) in [5.74, 6) is 1.80. The monoisotopic (exact) mass is 389 g/mol. The standard InChI is InChI=1S/C22H23N5O2/c1-25-10-9-24-21(25)15-26-14-17-11-19(26)22(28)27(13-16-5-4-8-23-12-16)18-6-2-3-7-20(18)29-17/h2-10,12,17,19H,11,13-15H2,1H3/t17-,19-/m0/s1. The lowest BCUT2D eigenvalue weighted by atomic mass is 10.1. The molecule has 29 heavy (non-hydrogen) atoms. The number of rotatable bonds is 4. The molecule has 7 heteroatoms. The molecule has 2 aromatic heterocycles. The van der Waals surface area contributed by atoms with Crippen LogP contribution in [0.3, 0.4) is 0 Å². The fraction of sp³-hybridized carbons (Fsp3) is 0.318. The summed E-state index contributed by atoms with van der Waals surface area (Å²) in [7, 11) is 1.98. The molecule has 0 saturated carbocycles. The van der Waals surface area contributed by atoms with Crippen LogP contribution in [0.5, 0.6) is 5.75 Å². The maximum absolute atomic E-state index is 13.7. The minimum Gasteiger partial charge on any atom is -0.487 e. The van der Waals surface area contributed by atoms with Crippen LogP contribution in [0.4, 0.5) is 5.69 Å². The molecule has 1 fully saturated rings. The number of para-hydroxylation sites is 2. The first-order valence-electron chi connectivity index (χ1n) is 9.85. The Morgan fingerprint density at radius 1 is 1.14 bits per heavy atom. The molecule has 3 aromatic rings. The number of fused-ring (bicyclic) bond motifs is 3. The average Bonchev–Trinajstić information content (AvgIpc) is 3.33. The summed E-state index contributed by atoms with van der Waals surface area (Å²) >= 11 is 0. The molecule has 1 amide bonds. The van der Waals surface area contributed by atoms with Gasteiger partial charge in [-0.05, 0) is 23.8 Å². The van der Waals surface area contributed by atoms with E-state index in [1.165, 1.54) is 0 Å². The number of amides is 1. The van der Waals surface area contributed by atoms with E-state index in [1.807, 2.05) is 59.1 Å². The van der Waals surface area contributed by atoms with Gasteiger partial charge in [0.25, 0.3) is 0 Å². The Kier molecular flexibility index (Phi) is 4.52. The highest BCUT2D eigenvalue weighted by Gasteiger charge is 2.43. The Hall–Kier alpha value is -3.19. The van der Waals surface area contributed by atoms with Gasteiger partial charge in [-0.15, -0.1) is 0 Å². The van der Waals surface area contributed by atoms with Gasteiger partial charge in [0.1, 0.15) is 17.7 Å². The topological polar surface area (TPSA) is 63.5 Å². The number of ether oxygens (including phenoxy) is 1. The lowest BCUT2D eigenvalue weighted by molar-refractivity contribution is -0.123. The van der Waals surface area contributed by atoms with Crippen LogP contribution in [0, 0.1) is 0 Å². The van der Waals surface area contributed by atoms with Crippen molar-refractivity contribution in [2.24, 2.45) is 7.05 Å². The normalized spacial score (nSPS) is 21.4. The molecule has 0 radical (unpaired) electrons. The number of aromatic nitrogens is 3. The molecule has 2 atom stereocenters. The highest BCUT2D eigenvalue weighted by molar-refractivity contribution is 5.99. The summed E-state index contributed by atoms with van der Waals surface area (Å²) in [6.07, 6.45) is 7.94. The van der Waals surface area contributed by atoms with Crippen LogP contribution >= 0.6 is 0 Å². The number of benzene rings is 1. The number of carbonyl (C=O) groups excluding carboxylic acids is 1. The zero-order valence-electron chi connectivity index (χ0n) is 16.3. The van der Waals surface area contributed by atoms with E-state index in [4.69, 9.17) is 4.74 Å². The largest absolute Gasteiger partial charge is 0.487 e. The molecule has 1 aromatic carbocycles. The second kappa shape index (κ2) is 7.33. The lowest BCUT2D eigenvalue weighted by Crippen LogP contribution is -2.45. The molecule has 5 rings (SSSR count). The van der Waals surface area contributed by atoms with Crippen molar-refractivity contribution in [3.63, 3.8) is 0 Å². The highest BCUT2D eigenvalue weighted by atomic mass is 16.5. The maximum Gasteiger partial charge on any atom is 0.244 e. The van der Waals surface area contributed by atoms with Gasteiger partial charge in [0.15, 0.2) is 0 Å². The molecule has 0 N–H and O–H groups in total.